The van der Waals surface area contributed by atoms with E-state index in [0.717, 1.165) is 0 Å². The number of tetrazole rings is 1. The summed E-state index contributed by atoms with van der Waals surface area (Å²) in [6, 6.07) is 18.1. The molecule has 1 fully saturated rings. The van der Waals surface area contributed by atoms with E-state index in [9.17, 15) is 9.59 Å². The Morgan fingerprint density at radius 2 is 1.84 bits per heavy atom. The number of aromatic amines is 1. The number of aromatic nitrogens is 4. The maximum Gasteiger partial charge on any atom is 0.254 e. The van der Waals surface area contributed by atoms with Crippen molar-refractivity contribution in [1.29, 1.82) is 0 Å². The van der Waals surface area contributed by atoms with Gasteiger partial charge in [-0.3, -0.25) is 9.59 Å². The van der Waals surface area contributed by atoms with Crippen molar-refractivity contribution in [2.45, 2.75) is 24.9 Å². The van der Waals surface area contributed by atoms with Crippen molar-refractivity contribution in [1.82, 2.24) is 25.5 Å². The topological polar surface area (TPSA) is 146 Å². The number of fused-ring (bicyclic) bond motifs is 1. The van der Waals surface area contributed by atoms with Crippen molar-refractivity contribution >= 4 is 29.5 Å². The molecule has 0 radical (unpaired) electrons. The summed E-state index contributed by atoms with van der Waals surface area (Å²) in [5.74, 6) is 1.85. The molecule has 44 heavy (non-hydrogen) atoms. The zero-order chi connectivity index (χ0) is 30.8. The Labute approximate surface area is 253 Å². The van der Waals surface area contributed by atoms with Gasteiger partial charge in [-0.25, -0.2) is 0 Å². The van der Waals surface area contributed by atoms with Gasteiger partial charge in [-0.2, -0.15) is 5.21 Å². The second kappa shape index (κ2) is 11.7. The number of piperidine rings is 1. The van der Waals surface area contributed by atoms with E-state index in [2.05, 4.69) is 27.2 Å². The summed E-state index contributed by atoms with van der Waals surface area (Å²) in [5.41, 5.74) is 8.56. The van der Waals surface area contributed by atoms with Gasteiger partial charge in [-0.15, -0.1) is 10.2 Å². The second-order valence-electron chi connectivity index (χ2n) is 10.9. The molecule has 2 aliphatic rings. The molecule has 3 heterocycles. The predicted octanol–water partition coefficient (Wildman–Crippen LogP) is 2.47. The highest BCUT2D eigenvalue weighted by Gasteiger charge is 2.44. The first-order valence-electron chi connectivity index (χ1n) is 14.2. The molecule has 6 rings (SSSR count). The van der Waals surface area contributed by atoms with Crippen molar-refractivity contribution in [2.75, 3.05) is 27.3 Å². The van der Waals surface area contributed by atoms with Gasteiger partial charge in [0.1, 0.15) is 11.4 Å². The van der Waals surface area contributed by atoms with Crippen molar-refractivity contribution in [3.05, 3.63) is 88.3 Å². The molecule has 11 heteroatoms. The van der Waals surface area contributed by atoms with E-state index in [0.29, 0.717) is 87.4 Å². The van der Waals surface area contributed by atoms with E-state index >= 15 is 0 Å². The largest absolute Gasteiger partial charge is 0.493 e. The molecule has 1 saturated heterocycles. The number of carbonyl (C=O) groups is 2. The normalized spacial score (nSPS) is 16.6. The highest BCUT2D eigenvalue weighted by Crippen LogP contribution is 2.40. The number of nitrogens with one attached hydrogen (secondary N) is 1. The Morgan fingerprint density at radius 1 is 1.07 bits per heavy atom. The Bertz CT molecular complexity index is 1880. The van der Waals surface area contributed by atoms with Crippen molar-refractivity contribution in [3.63, 3.8) is 0 Å². The average molecular weight is 593 g/mol. The second-order valence-corrected chi connectivity index (χ2v) is 10.9. The van der Waals surface area contributed by atoms with Gasteiger partial charge in [0.2, 0.25) is 5.82 Å². The molecule has 3 N–H and O–H groups in total. The van der Waals surface area contributed by atoms with Crippen LogP contribution in [0.15, 0.2) is 66.7 Å². The third-order valence-corrected chi connectivity index (χ3v) is 8.21. The monoisotopic (exact) mass is 592 g/mol. The predicted molar refractivity (Wildman–Crippen MR) is 164 cm³/mol. The Kier molecular flexibility index (Phi) is 7.60. The van der Waals surface area contributed by atoms with Gasteiger partial charge in [0.25, 0.3) is 5.91 Å². The number of amides is 1. The minimum atomic E-state index is -0.687. The van der Waals surface area contributed by atoms with E-state index in [-0.39, 0.29) is 18.1 Å². The number of hydrogen-bond donors (Lipinski definition) is 2. The van der Waals surface area contributed by atoms with Crippen molar-refractivity contribution in [3.8, 4) is 28.6 Å². The molecule has 0 bridgehead atoms. The van der Waals surface area contributed by atoms with Crippen LogP contribution in [-0.4, -0.2) is 70.1 Å². The fourth-order valence-corrected chi connectivity index (χ4v) is 5.78. The molecule has 2 aliphatic heterocycles. The number of ketones is 1. The number of methoxy groups -OCH3 is 2. The van der Waals surface area contributed by atoms with Gasteiger partial charge in [-0.1, -0.05) is 30.8 Å². The SMILES string of the molecule is C=c1cccc/c1=C(/C=C(\N)c1ccc(OC)c(OC)c1)C(=O)N1CCC2(CC1)CC(=O)c1cc(-c3nn[nH]n3)ccc1O2. The lowest BCUT2D eigenvalue weighted by Gasteiger charge is -2.44. The van der Waals surface area contributed by atoms with Gasteiger partial charge in [0.15, 0.2) is 17.3 Å². The first kappa shape index (κ1) is 28.7. The number of carbonyl (C=O) groups excluding carboxylic acids is 2. The smallest absolute Gasteiger partial charge is 0.254 e. The molecule has 224 valence electrons. The number of nitrogens with two attached hydrogens (primary N) is 1. The van der Waals surface area contributed by atoms with Crippen LogP contribution >= 0.6 is 0 Å². The number of likely N-dealkylation sites (tertiary alicyclic amines) is 1. The Hall–Kier alpha value is -5.45. The van der Waals surface area contributed by atoms with Crippen molar-refractivity contribution in [2.24, 2.45) is 5.73 Å². The number of nitrogens with zero attached hydrogens (tertiary/aromatic N) is 4. The first-order valence-corrected chi connectivity index (χ1v) is 14.2. The standard InChI is InChI=1S/C33H32N6O5/c1-20-6-4-5-7-23(20)24(18-26(34)21-8-11-29(42-2)30(17-21)43-3)32(41)39-14-12-33(13-15-39)19-27(40)25-16-22(9-10-28(25)44-33)31-35-37-38-36-31/h4-11,16-18H,1,12-15,19,34H2,2-3H3,(H,35,36,37,38)/b24-23+,26-18-. The van der Waals surface area contributed by atoms with Crippen LogP contribution in [0.2, 0.25) is 0 Å². The molecule has 11 nitrogen and oxygen atoms in total. The fourth-order valence-electron chi connectivity index (χ4n) is 5.78. The molecule has 1 spiro atoms. The van der Waals surface area contributed by atoms with Gasteiger partial charge in [0.05, 0.1) is 26.2 Å². The van der Waals surface area contributed by atoms with E-state index < -0.39 is 5.60 Å². The number of hydrogen-bond acceptors (Lipinski definition) is 9. The number of Topliss-reactive ketones (excluding diaryl/α,β-unsaturated/α-hetero) is 1. The lowest BCUT2D eigenvalue weighted by molar-refractivity contribution is -0.128. The number of ether oxygens (including phenoxy) is 3. The maximum atomic E-state index is 14.1. The van der Waals surface area contributed by atoms with Crippen LogP contribution < -0.4 is 30.4 Å². The minimum absolute atomic E-state index is 0.0137. The lowest BCUT2D eigenvalue weighted by atomic mass is 9.82. The average Bonchev–Trinajstić information content (AvgIpc) is 3.59. The molecule has 0 atom stereocenters. The van der Waals surface area contributed by atoms with Crippen molar-refractivity contribution < 1.29 is 23.8 Å². The lowest BCUT2D eigenvalue weighted by Crippen LogP contribution is -2.52. The summed E-state index contributed by atoms with van der Waals surface area (Å²) in [6.07, 6.45) is 2.92. The zero-order valence-electron chi connectivity index (χ0n) is 24.5. The first-order chi connectivity index (χ1) is 21.3. The molecule has 3 aromatic carbocycles. The summed E-state index contributed by atoms with van der Waals surface area (Å²) in [5, 5.41) is 15.4. The summed E-state index contributed by atoms with van der Waals surface area (Å²) >= 11 is 0. The molecule has 1 aromatic heterocycles. The quantitative estimate of drug-likeness (QED) is 0.345. The van der Waals surface area contributed by atoms with Gasteiger partial charge in [0, 0.05) is 48.3 Å². The molecular weight excluding hydrogens is 560 g/mol. The van der Waals surface area contributed by atoms with E-state index in [1.807, 2.05) is 30.3 Å². The van der Waals surface area contributed by atoms with E-state index in [1.54, 1.807) is 55.5 Å². The number of H-pyrrole nitrogens is 1. The number of rotatable bonds is 6. The minimum Gasteiger partial charge on any atom is -0.493 e. The van der Waals surface area contributed by atoms with Gasteiger partial charge < -0.3 is 24.8 Å². The Balaban J connectivity index is 1.26. The fraction of sp³-hybridized carbons (Fsp3) is 0.242. The van der Waals surface area contributed by atoms with E-state index in [4.69, 9.17) is 19.9 Å². The summed E-state index contributed by atoms with van der Waals surface area (Å²) < 4.78 is 17.3. The van der Waals surface area contributed by atoms with Crippen LogP contribution in [0.5, 0.6) is 17.2 Å². The van der Waals surface area contributed by atoms with Crippen LogP contribution in [0.3, 0.4) is 0 Å². The van der Waals surface area contributed by atoms with Gasteiger partial charge >= 0.3 is 0 Å². The molecule has 4 aromatic rings. The molecular formula is C33H32N6O5. The third kappa shape index (κ3) is 5.39. The van der Waals surface area contributed by atoms with Crippen LogP contribution in [0, 0.1) is 0 Å². The van der Waals surface area contributed by atoms with Crippen LogP contribution in [0.4, 0.5) is 0 Å². The Morgan fingerprint density at radius 3 is 2.55 bits per heavy atom. The summed E-state index contributed by atoms with van der Waals surface area (Å²) in [7, 11) is 3.12. The highest BCUT2D eigenvalue weighted by atomic mass is 16.5. The molecule has 0 saturated carbocycles. The van der Waals surface area contributed by atoms with E-state index in [1.165, 1.54) is 0 Å². The zero-order valence-corrected chi connectivity index (χ0v) is 24.5. The van der Waals surface area contributed by atoms with Crippen LogP contribution in [-0.2, 0) is 4.79 Å². The summed E-state index contributed by atoms with van der Waals surface area (Å²) in [6.45, 7) is 4.97. The third-order valence-electron chi connectivity index (χ3n) is 8.21. The summed E-state index contributed by atoms with van der Waals surface area (Å²) in [4.78, 5) is 29.2. The van der Waals surface area contributed by atoms with Gasteiger partial charge in [-0.05, 0) is 58.1 Å². The number of benzene rings is 3. The molecule has 0 unspecified atom stereocenters. The van der Waals surface area contributed by atoms with Crippen LogP contribution in [0.25, 0.3) is 29.2 Å². The molecule has 1 amide bonds. The maximum absolute atomic E-state index is 14.1. The molecule has 0 aliphatic carbocycles. The highest BCUT2D eigenvalue weighted by molar-refractivity contribution is 6.18. The van der Waals surface area contributed by atoms with Crippen LogP contribution in [0.1, 0.15) is 35.2 Å².